The van der Waals surface area contributed by atoms with Crippen molar-refractivity contribution in [3.8, 4) is 5.75 Å². The van der Waals surface area contributed by atoms with Crippen LogP contribution < -0.4 is 4.74 Å². The highest BCUT2D eigenvalue weighted by Gasteiger charge is 1.98. The predicted octanol–water partition coefficient (Wildman–Crippen LogP) is 3.67. The highest BCUT2D eigenvalue weighted by Crippen LogP contribution is 2.23. The Hall–Kier alpha value is -1.64. The fraction of sp³-hybridized carbons (Fsp3) is 0.200. The minimum Gasteiger partial charge on any atom is -0.497 e. The Kier molecular flexibility index (Phi) is 4.54. The number of hydrogen-bond donors (Lipinski definition) is 0. The van der Waals surface area contributed by atoms with Gasteiger partial charge in [-0.3, -0.25) is 0 Å². The van der Waals surface area contributed by atoms with Gasteiger partial charge in [-0.25, -0.2) is 0 Å². The number of azide groups is 1. The van der Waals surface area contributed by atoms with E-state index in [4.69, 9.17) is 21.9 Å². The van der Waals surface area contributed by atoms with Crippen LogP contribution in [0.1, 0.15) is 5.56 Å². The maximum Gasteiger partial charge on any atom is 0.120 e. The molecule has 0 aromatic heterocycles. The number of halogens is 1. The van der Waals surface area contributed by atoms with Crippen LogP contribution in [0.15, 0.2) is 29.4 Å². The molecule has 1 aromatic carbocycles. The lowest BCUT2D eigenvalue weighted by molar-refractivity contribution is 0.415. The van der Waals surface area contributed by atoms with E-state index in [2.05, 4.69) is 10.0 Å². The molecule has 5 heteroatoms. The molecule has 1 rings (SSSR count). The molecule has 0 saturated heterocycles. The van der Waals surface area contributed by atoms with Gasteiger partial charge in [0.2, 0.25) is 0 Å². The summed E-state index contributed by atoms with van der Waals surface area (Å²) < 4.78 is 5.02. The standard InChI is InChI=1S/C10H10ClN3O/c1-15-9-5-4-8(10(11)7-9)3-2-6-13-14-12/h2-5,7H,6H2,1H3. The molecule has 0 aliphatic carbocycles. The average molecular weight is 224 g/mol. The van der Waals surface area contributed by atoms with Crippen LogP contribution in [0.3, 0.4) is 0 Å². The Balaban J connectivity index is 2.77. The van der Waals surface area contributed by atoms with Crippen molar-refractivity contribution < 1.29 is 4.74 Å². The van der Waals surface area contributed by atoms with E-state index in [0.717, 1.165) is 5.56 Å². The summed E-state index contributed by atoms with van der Waals surface area (Å²) in [4.78, 5) is 2.64. The van der Waals surface area contributed by atoms with Crippen LogP contribution >= 0.6 is 11.6 Å². The van der Waals surface area contributed by atoms with Gasteiger partial charge in [-0.1, -0.05) is 28.9 Å². The fourth-order valence-electron chi connectivity index (χ4n) is 1.03. The fourth-order valence-corrected chi connectivity index (χ4v) is 1.27. The molecule has 1 aromatic rings. The third-order valence-corrected chi connectivity index (χ3v) is 2.08. The van der Waals surface area contributed by atoms with Crippen molar-refractivity contribution in [2.24, 2.45) is 5.11 Å². The summed E-state index contributed by atoms with van der Waals surface area (Å²) in [5, 5.41) is 3.98. The molecule has 0 aliphatic heterocycles. The van der Waals surface area contributed by atoms with Gasteiger partial charge >= 0.3 is 0 Å². The van der Waals surface area contributed by atoms with E-state index < -0.39 is 0 Å². The molecule has 0 amide bonds. The van der Waals surface area contributed by atoms with Gasteiger partial charge in [0, 0.05) is 11.5 Å². The molecule has 0 radical (unpaired) electrons. The Morgan fingerprint density at radius 2 is 2.40 bits per heavy atom. The number of benzene rings is 1. The van der Waals surface area contributed by atoms with E-state index in [0.29, 0.717) is 17.3 Å². The molecule has 0 unspecified atom stereocenters. The van der Waals surface area contributed by atoms with E-state index >= 15 is 0 Å². The average Bonchev–Trinajstić information content (AvgIpc) is 2.26. The van der Waals surface area contributed by atoms with Gasteiger partial charge in [0.25, 0.3) is 0 Å². The number of ether oxygens (including phenoxy) is 1. The van der Waals surface area contributed by atoms with Crippen LogP contribution in [0, 0.1) is 0 Å². The summed E-state index contributed by atoms with van der Waals surface area (Å²) in [6.07, 6.45) is 3.55. The molecule has 15 heavy (non-hydrogen) atoms. The van der Waals surface area contributed by atoms with E-state index in [1.807, 2.05) is 12.1 Å². The Morgan fingerprint density at radius 1 is 1.60 bits per heavy atom. The van der Waals surface area contributed by atoms with E-state index in [9.17, 15) is 0 Å². The largest absolute Gasteiger partial charge is 0.497 e. The van der Waals surface area contributed by atoms with Crippen molar-refractivity contribution in [1.82, 2.24) is 0 Å². The first-order chi connectivity index (χ1) is 7.27. The van der Waals surface area contributed by atoms with E-state index in [1.165, 1.54) is 0 Å². The lowest BCUT2D eigenvalue weighted by Gasteiger charge is -2.02. The molecule has 0 aliphatic rings. The van der Waals surface area contributed by atoms with Crippen LogP contribution in [-0.4, -0.2) is 13.7 Å². The zero-order valence-corrected chi connectivity index (χ0v) is 8.98. The summed E-state index contributed by atoms with van der Waals surface area (Å²) in [5.41, 5.74) is 8.93. The smallest absolute Gasteiger partial charge is 0.120 e. The predicted molar refractivity (Wildman–Crippen MR) is 61.1 cm³/mol. The van der Waals surface area contributed by atoms with Crippen LogP contribution in [0.5, 0.6) is 5.75 Å². The molecular formula is C10H10ClN3O. The van der Waals surface area contributed by atoms with Crippen LogP contribution in [0.2, 0.25) is 5.02 Å². The summed E-state index contributed by atoms with van der Waals surface area (Å²) in [5.74, 6) is 0.715. The Morgan fingerprint density at radius 3 is 3.00 bits per heavy atom. The van der Waals surface area contributed by atoms with Crippen molar-refractivity contribution in [1.29, 1.82) is 0 Å². The highest BCUT2D eigenvalue weighted by atomic mass is 35.5. The molecule has 0 saturated carbocycles. The lowest BCUT2D eigenvalue weighted by atomic mass is 10.2. The quantitative estimate of drug-likeness (QED) is 0.436. The highest BCUT2D eigenvalue weighted by molar-refractivity contribution is 6.32. The second-order valence-electron chi connectivity index (χ2n) is 2.70. The van der Waals surface area contributed by atoms with Crippen molar-refractivity contribution >= 4 is 17.7 Å². The topological polar surface area (TPSA) is 58.0 Å². The molecule has 0 atom stereocenters. The maximum absolute atomic E-state index is 8.07. The molecule has 4 nitrogen and oxygen atoms in total. The first-order valence-corrected chi connectivity index (χ1v) is 4.66. The van der Waals surface area contributed by atoms with Gasteiger partial charge in [-0.15, -0.1) is 0 Å². The minimum atomic E-state index is 0.318. The SMILES string of the molecule is COc1ccc(C=CCN=[N+]=[N-])c(Cl)c1. The second-order valence-corrected chi connectivity index (χ2v) is 3.11. The zero-order chi connectivity index (χ0) is 11.1. The summed E-state index contributed by atoms with van der Waals surface area (Å²) >= 11 is 5.99. The molecule has 78 valence electrons. The Labute approximate surface area is 92.8 Å². The van der Waals surface area contributed by atoms with Gasteiger partial charge in [0.05, 0.1) is 12.1 Å². The number of hydrogen-bond acceptors (Lipinski definition) is 2. The minimum absolute atomic E-state index is 0.318. The van der Waals surface area contributed by atoms with Gasteiger partial charge in [0.15, 0.2) is 0 Å². The third-order valence-electron chi connectivity index (χ3n) is 1.76. The van der Waals surface area contributed by atoms with Gasteiger partial charge in [-0.05, 0) is 29.3 Å². The monoisotopic (exact) mass is 223 g/mol. The molecule has 0 spiro atoms. The van der Waals surface area contributed by atoms with Crippen LogP contribution in [0.4, 0.5) is 0 Å². The van der Waals surface area contributed by atoms with Crippen molar-refractivity contribution in [3.05, 3.63) is 45.3 Å². The summed E-state index contributed by atoms with van der Waals surface area (Å²) in [7, 11) is 1.59. The third kappa shape index (κ3) is 3.54. The zero-order valence-electron chi connectivity index (χ0n) is 8.22. The van der Waals surface area contributed by atoms with Gasteiger partial charge < -0.3 is 4.74 Å². The molecule has 0 N–H and O–H groups in total. The number of rotatable bonds is 4. The van der Waals surface area contributed by atoms with Gasteiger partial charge in [0.1, 0.15) is 5.75 Å². The second kappa shape index (κ2) is 5.96. The van der Waals surface area contributed by atoms with Gasteiger partial charge in [-0.2, -0.15) is 0 Å². The summed E-state index contributed by atoms with van der Waals surface area (Å²) in [6.45, 7) is 0.318. The molecular weight excluding hydrogens is 214 g/mol. The first kappa shape index (κ1) is 11.4. The van der Waals surface area contributed by atoms with Crippen molar-refractivity contribution in [2.45, 2.75) is 0 Å². The maximum atomic E-state index is 8.07. The molecule has 0 heterocycles. The Bertz CT molecular complexity index is 411. The number of methoxy groups -OCH3 is 1. The molecule has 0 bridgehead atoms. The number of nitrogens with zero attached hydrogens (tertiary/aromatic N) is 3. The first-order valence-electron chi connectivity index (χ1n) is 4.29. The van der Waals surface area contributed by atoms with E-state index in [-0.39, 0.29) is 0 Å². The molecule has 0 fully saturated rings. The van der Waals surface area contributed by atoms with Crippen LogP contribution in [-0.2, 0) is 0 Å². The van der Waals surface area contributed by atoms with Crippen LogP contribution in [0.25, 0.3) is 16.5 Å². The van der Waals surface area contributed by atoms with Crippen molar-refractivity contribution in [3.63, 3.8) is 0 Å². The lowest BCUT2D eigenvalue weighted by Crippen LogP contribution is -1.83. The van der Waals surface area contributed by atoms with E-state index in [1.54, 1.807) is 25.3 Å². The van der Waals surface area contributed by atoms with Crippen molar-refractivity contribution in [2.75, 3.05) is 13.7 Å². The summed E-state index contributed by atoms with van der Waals surface area (Å²) in [6, 6.07) is 5.39. The normalized spacial score (nSPS) is 10.0.